The number of hydrogen-bond acceptors (Lipinski definition) is 2. The highest BCUT2D eigenvalue weighted by Gasteiger charge is 2.17. The first-order valence-corrected chi connectivity index (χ1v) is 6.94. The molecule has 0 heterocycles. The SMILES string of the molecule is CC(C)COc1ccc(-c2cc(F)c(F)cc2F)cc1C(=O)O. The molecule has 2 rings (SSSR count). The Hall–Kier alpha value is -2.50. The van der Waals surface area contributed by atoms with Gasteiger partial charge in [-0.05, 0) is 29.7 Å². The predicted octanol–water partition coefficient (Wildman–Crippen LogP) is 4.50. The summed E-state index contributed by atoms with van der Waals surface area (Å²) in [7, 11) is 0. The second kappa shape index (κ2) is 6.73. The minimum Gasteiger partial charge on any atom is -0.492 e. The Morgan fingerprint density at radius 1 is 1.09 bits per heavy atom. The molecule has 2 aromatic carbocycles. The van der Waals surface area contributed by atoms with Gasteiger partial charge in [0.1, 0.15) is 17.1 Å². The van der Waals surface area contributed by atoms with E-state index in [1.165, 1.54) is 18.2 Å². The van der Waals surface area contributed by atoms with Gasteiger partial charge in [-0.2, -0.15) is 0 Å². The lowest BCUT2D eigenvalue weighted by Crippen LogP contribution is -2.08. The van der Waals surface area contributed by atoms with Crippen molar-refractivity contribution in [3.8, 4) is 16.9 Å². The summed E-state index contributed by atoms with van der Waals surface area (Å²) in [6.45, 7) is 4.14. The standard InChI is InChI=1S/C17H15F3O3/c1-9(2)8-23-16-4-3-10(5-12(16)17(21)22)11-6-14(19)15(20)7-13(11)18/h3-7,9H,8H2,1-2H3,(H,21,22). The molecule has 0 radical (unpaired) electrons. The Labute approximate surface area is 131 Å². The van der Waals surface area contributed by atoms with Gasteiger partial charge in [0, 0.05) is 11.6 Å². The van der Waals surface area contributed by atoms with Crippen LogP contribution in [0.1, 0.15) is 24.2 Å². The average Bonchev–Trinajstić information content (AvgIpc) is 2.48. The van der Waals surface area contributed by atoms with E-state index in [9.17, 15) is 23.1 Å². The van der Waals surface area contributed by atoms with Crippen LogP contribution in [0.2, 0.25) is 0 Å². The number of carboxylic acid groups (broad SMARTS) is 1. The van der Waals surface area contributed by atoms with E-state index in [1.54, 1.807) is 0 Å². The number of carboxylic acids is 1. The highest BCUT2D eigenvalue weighted by Crippen LogP contribution is 2.30. The molecule has 0 unspecified atom stereocenters. The van der Waals surface area contributed by atoms with Crippen molar-refractivity contribution in [3.63, 3.8) is 0 Å². The molecular formula is C17H15F3O3. The van der Waals surface area contributed by atoms with E-state index in [1.807, 2.05) is 13.8 Å². The van der Waals surface area contributed by atoms with Gasteiger partial charge in [0.15, 0.2) is 11.6 Å². The number of benzene rings is 2. The van der Waals surface area contributed by atoms with Crippen LogP contribution in [0.25, 0.3) is 11.1 Å². The number of halogens is 3. The van der Waals surface area contributed by atoms with Crippen molar-refractivity contribution < 1.29 is 27.8 Å². The molecule has 0 atom stereocenters. The van der Waals surface area contributed by atoms with Crippen molar-refractivity contribution in [2.45, 2.75) is 13.8 Å². The van der Waals surface area contributed by atoms with Gasteiger partial charge in [0.2, 0.25) is 0 Å². The first kappa shape index (κ1) is 16.9. The van der Waals surface area contributed by atoms with Crippen LogP contribution >= 0.6 is 0 Å². The first-order chi connectivity index (χ1) is 10.8. The van der Waals surface area contributed by atoms with E-state index < -0.39 is 23.4 Å². The molecule has 1 N–H and O–H groups in total. The maximum Gasteiger partial charge on any atom is 0.339 e. The van der Waals surface area contributed by atoms with Crippen molar-refractivity contribution >= 4 is 5.97 Å². The molecule has 0 aliphatic carbocycles. The summed E-state index contributed by atoms with van der Waals surface area (Å²) >= 11 is 0. The summed E-state index contributed by atoms with van der Waals surface area (Å²) in [5, 5.41) is 9.26. The lowest BCUT2D eigenvalue weighted by atomic mass is 10.0. The van der Waals surface area contributed by atoms with Gasteiger partial charge >= 0.3 is 5.97 Å². The summed E-state index contributed by atoms with van der Waals surface area (Å²) in [5.41, 5.74) is -0.273. The van der Waals surface area contributed by atoms with Gasteiger partial charge in [-0.15, -0.1) is 0 Å². The third-order valence-corrected chi connectivity index (χ3v) is 3.10. The molecule has 0 aliphatic rings. The molecule has 0 fully saturated rings. The van der Waals surface area contributed by atoms with E-state index in [-0.39, 0.29) is 28.4 Å². The molecule has 2 aromatic rings. The smallest absolute Gasteiger partial charge is 0.339 e. The summed E-state index contributed by atoms with van der Waals surface area (Å²) in [6, 6.07) is 5.07. The van der Waals surface area contributed by atoms with Gasteiger partial charge in [0.05, 0.1) is 6.61 Å². The summed E-state index contributed by atoms with van der Waals surface area (Å²) < 4.78 is 45.5. The maximum atomic E-state index is 13.8. The molecule has 6 heteroatoms. The molecule has 0 saturated heterocycles. The second-order valence-corrected chi connectivity index (χ2v) is 5.47. The van der Waals surface area contributed by atoms with Crippen molar-refractivity contribution in [2.24, 2.45) is 5.92 Å². The van der Waals surface area contributed by atoms with E-state index in [2.05, 4.69) is 0 Å². The fourth-order valence-corrected chi connectivity index (χ4v) is 1.99. The van der Waals surface area contributed by atoms with Crippen molar-refractivity contribution in [1.82, 2.24) is 0 Å². The number of carbonyl (C=O) groups is 1. The van der Waals surface area contributed by atoms with Gasteiger partial charge in [-0.3, -0.25) is 0 Å². The minimum absolute atomic E-state index is 0.121. The Kier molecular flexibility index (Phi) is 4.93. The number of aromatic carboxylic acids is 1. The highest BCUT2D eigenvalue weighted by molar-refractivity contribution is 5.92. The van der Waals surface area contributed by atoms with Crippen LogP contribution in [-0.4, -0.2) is 17.7 Å². The predicted molar refractivity (Wildman–Crippen MR) is 79.0 cm³/mol. The van der Waals surface area contributed by atoms with Crippen molar-refractivity contribution in [1.29, 1.82) is 0 Å². The molecule has 3 nitrogen and oxygen atoms in total. The normalized spacial score (nSPS) is 10.9. The zero-order chi connectivity index (χ0) is 17.1. The fraction of sp³-hybridized carbons (Fsp3) is 0.235. The van der Waals surface area contributed by atoms with Gasteiger partial charge in [0.25, 0.3) is 0 Å². The fourth-order valence-electron chi connectivity index (χ4n) is 1.99. The zero-order valence-corrected chi connectivity index (χ0v) is 12.6. The molecule has 0 saturated carbocycles. The first-order valence-electron chi connectivity index (χ1n) is 6.94. The van der Waals surface area contributed by atoms with Crippen LogP contribution in [0, 0.1) is 23.4 Å². The minimum atomic E-state index is -1.30. The van der Waals surface area contributed by atoms with E-state index in [4.69, 9.17) is 4.74 Å². The lowest BCUT2D eigenvalue weighted by Gasteiger charge is -2.13. The van der Waals surface area contributed by atoms with E-state index in [0.29, 0.717) is 18.7 Å². The van der Waals surface area contributed by atoms with Crippen molar-refractivity contribution in [2.75, 3.05) is 6.61 Å². The molecule has 0 bridgehead atoms. The lowest BCUT2D eigenvalue weighted by molar-refractivity contribution is 0.0691. The molecule has 0 spiro atoms. The second-order valence-electron chi connectivity index (χ2n) is 5.47. The Morgan fingerprint density at radius 3 is 2.35 bits per heavy atom. The third-order valence-electron chi connectivity index (χ3n) is 3.10. The number of rotatable bonds is 5. The van der Waals surface area contributed by atoms with Crippen LogP contribution in [0.15, 0.2) is 30.3 Å². The topological polar surface area (TPSA) is 46.5 Å². The monoisotopic (exact) mass is 324 g/mol. The summed E-state index contributed by atoms with van der Waals surface area (Å²) in [4.78, 5) is 11.3. The number of ether oxygens (including phenoxy) is 1. The third kappa shape index (κ3) is 3.83. The summed E-state index contributed by atoms with van der Waals surface area (Å²) in [6.07, 6.45) is 0. The molecule has 0 aliphatic heterocycles. The number of hydrogen-bond donors (Lipinski definition) is 1. The Morgan fingerprint density at radius 2 is 1.74 bits per heavy atom. The highest BCUT2D eigenvalue weighted by atomic mass is 19.2. The zero-order valence-electron chi connectivity index (χ0n) is 12.6. The summed E-state index contributed by atoms with van der Waals surface area (Å²) in [5.74, 6) is -4.41. The Bertz CT molecular complexity index is 742. The molecule has 0 aromatic heterocycles. The molecule has 0 amide bonds. The van der Waals surface area contributed by atoms with Crippen LogP contribution in [0.3, 0.4) is 0 Å². The van der Waals surface area contributed by atoms with E-state index >= 15 is 0 Å². The largest absolute Gasteiger partial charge is 0.492 e. The van der Waals surface area contributed by atoms with Crippen LogP contribution in [0.4, 0.5) is 13.2 Å². The van der Waals surface area contributed by atoms with Crippen LogP contribution in [0.5, 0.6) is 5.75 Å². The van der Waals surface area contributed by atoms with Gasteiger partial charge in [-0.1, -0.05) is 19.9 Å². The molecule has 122 valence electrons. The molecule has 23 heavy (non-hydrogen) atoms. The van der Waals surface area contributed by atoms with Crippen molar-refractivity contribution in [3.05, 3.63) is 53.3 Å². The van der Waals surface area contributed by atoms with Crippen LogP contribution < -0.4 is 4.74 Å². The van der Waals surface area contributed by atoms with Gasteiger partial charge in [-0.25, -0.2) is 18.0 Å². The average molecular weight is 324 g/mol. The molecular weight excluding hydrogens is 309 g/mol. The van der Waals surface area contributed by atoms with Gasteiger partial charge < -0.3 is 9.84 Å². The quantitative estimate of drug-likeness (QED) is 0.824. The maximum absolute atomic E-state index is 13.8. The van der Waals surface area contributed by atoms with Crippen LogP contribution in [-0.2, 0) is 0 Å². The Balaban J connectivity index is 2.47. The van der Waals surface area contributed by atoms with E-state index in [0.717, 1.165) is 0 Å².